The molecule has 0 saturated carbocycles. The van der Waals surface area contributed by atoms with Gasteiger partial charge >= 0.3 is 6.18 Å². The highest BCUT2D eigenvalue weighted by molar-refractivity contribution is 6.35. The second-order valence-electron chi connectivity index (χ2n) is 5.64. The average molecular weight is 406 g/mol. The fraction of sp³-hybridized carbons (Fsp3) is 0.278. The van der Waals surface area contributed by atoms with Gasteiger partial charge in [0.15, 0.2) is 0 Å². The van der Waals surface area contributed by atoms with Gasteiger partial charge in [0.05, 0.1) is 11.7 Å². The van der Waals surface area contributed by atoms with E-state index >= 15 is 0 Å². The number of amides is 1. The van der Waals surface area contributed by atoms with Crippen LogP contribution in [0.15, 0.2) is 42.5 Å². The number of hydrogen-bond donors (Lipinski definition) is 2. The monoisotopic (exact) mass is 405 g/mol. The minimum Gasteiger partial charge on any atom is -0.387 e. The minimum absolute atomic E-state index is 0.0784. The summed E-state index contributed by atoms with van der Waals surface area (Å²) < 4.78 is 38.9. The summed E-state index contributed by atoms with van der Waals surface area (Å²) in [6.07, 6.45) is -5.62. The van der Waals surface area contributed by atoms with Gasteiger partial charge in [-0.15, -0.1) is 0 Å². The van der Waals surface area contributed by atoms with E-state index in [4.69, 9.17) is 23.2 Å². The van der Waals surface area contributed by atoms with Gasteiger partial charge in [-0.3, -0.25) is 4.79 Å². The van der Waals surface area contributed by atoms with Crippen molar-refractivity contribution in [2.75, 3.05) is 6.54 Å². The van der Waals surface area contributed by atoms with Crippen molar-refractivity contribution in [3.63, 3.8) is 0 Å². The first-order valence-electron chi connectivity index (χ1n) is 7.73. The van der Waals surface area contributed by atoms with E-state index in [1.807, 2.05) is 0 Å². The number of alkyl halides is 3. The van der Waals surface area contributed by atoms with Crippen molar-refractivity contribution >= 4 is 29.1 Å². The van der Waals surface area contributed by atoms with Crippen LogP contribution in [0.2, 0.25) is 10.0 Å². The maximum Gasteiger partial charge on any atom is 0.416 e. The fourth-order valence-corrected chi connectivity index (χ4v) is 2.93. The first-order chi connectivity index (χ1) is 12.2. The van der Waals surface area contributed by atoms with Crippen LogP contribution in [0.5, 0.6) is 0 Å². The normalized spacial score (nSPS) is 12.7. The zero-order valence-corrected chi connectivity index (χ0v) is 15.0. The van der Waals surface area contributed by atoms with Crippen molar-refractivity contribution in [1.82, 2.24) is 5.32 Å². The van der Waals surface area contributed by atoms with Crippen molar-refractivity contribution in [2.45, 2.75) is 25.1 Å². The minimum atomic E-state index is -4.58. The number of carbonyl (C=O) groups is 1. The van der Waals surface area contributed by atoms with Crippen LogP contribution in [0.4, 0.5) is 13.2 Å². The van der Waals surface area contributed by atoms with Crippen molar-refractivity contribution in [3.8, 4) is 0 Å². The van der Waals surface area contributed by atoms with Crippen LogP contribution in [0.3, 0.4) is 0 Å². The summed E-state index contributed by atoms with van der Waals surface area (Å²) in [7, 11) is 0. The number of aliphatic hydroxyl groups excluding tert-OH is 1. The summed E-state index contributed by atoms with van der Waals surface area (Å²) >= 11 is 11.8. The molecule has 0 radical (unpaired) electrons. The van der Waals surface area contributed by atoms with E-state index in [1.165, 1.54) is 18.2 Å². The van der Waals surface area contributed by atoms with Gasteiger partial charge in [-0.1, -0.05) is 47.5 Å². The number of aryl methyl sites for hydroxylation is 1. The van der Waals surface area contributed by atoms with E-state index in [1.54, 1.807) is 18.2 Å². The second-order valence-corrected chi connectivity index (χ2v) is 6.48. The number of rotatable bonds is 6. The lowest BCUT2D eigenvalue weighted by molar-refractivity contribution is -0.139. The number of benzene rings is 2. The maximum absolute atomic E-state index is 13.0. The second kappa shape index (κ2) is 8.75. The number of hydrogen-bond acceptors (Lipinski definition) is 2. The van der Waals surface area contributed by atoms with Crippen LogP contribution < -0.4 is 5.32 Å². The van der Waals surface area contributed by atoms with Gasteiger partial charge in [0, 0.05) is 23.0 Å². The SMILES string of the molecule is O=C(CCc1ccc(Cl)cc1Cl)NCC(O)c1ccccc1C(F)(F)F. The summed E-state index contributed by atoms with van der Waals surface area (Å²) in [5.74, 6) is -0.403. The Morgan fingerprint density at radius 1 is 1.15 bits per heavy atom. The quantitative estimate of drug-likeness (QED) is 0.725. The van der Waals surface area contributed by atoms with E-state index in [9.17, 15) is 23.1 Å². The zero-order valence-electron chi connectivity index (χ0n) is 13.5. The lowest BCUT2D eigenvalue weighted by Gasteiger charge is -2.18. The van der Waals surface area contributed by atoms with Gasteiger partial charge in [-0.2, -0.15) is 13.2 Å². The summed E-state index contributed by atoms with van der Waals surface area (Å²) in [6.45, 7) is -0.319. The molecule has 0 bridgehead atoms. The molecule has 0 saturated heterocycles. The summed E-state index contributed by atoms with van der Waals surface area (Å²) in [6, 6.07) is 9.64. The molecule has 2 rings (SSSR count). The van der Waals surface area contributed by atoms with E-state index in [0.717, 1.165) is 11.6 Å². The molecule has 1 atom stereocenters. The largest absolute Gasteiger partial charge is 0.416 e. The highest BCUT2D eigenvalue weighted by Gasteiger charge is 2.34. The number of aliphatic hydroxyl groups is 1. The van der Waals surface area contributed by atoms with Crippen LogP contribution in [-0.2, 0) is 17.4 Å². The molecule has 0 aromatic heterocycles. The molecule has 26 heavy (non-hydrogen) atoms. The number of nitrogens with one attached hydrogen (secondary N) is 1. The van der Waals surface area contributed by atoms with Crippen molar-refractivity contribution in [3.05, 3.63) is 69.2 Å². The third-order valence-corrected chi connectivity index (χ3v) is 4.34. The molecule has 0 heterocycles. The van der Waals surface area contributed by atoms with Crippen molar-refractivity contribution < 1.29 is 23.1 Å². The lowest BCUT2D eigenvalue weighted by Crippen LogP contribution is -2.29. The summed E-state index contributed by atoms with van der Waals surface area (Å²) in [5.41, 5.74) is -0.468. The molecule has 8 heteroatoms. The van der Waals surface area contributed by atoms with E-state index < -0.39 is 23.8 Å². The Bertz CT molecular complexity index is 781. The Balaban J connectivity index is 1.91. The third-order valence-electron chi connectivity index (χ3n) is 3.75. The van der Waals surface area contributed by atoms with Gasteiger partial charge in [0.1, 0.15) is 0 Å². The molecule has 0 spiro atoms. The zero-order chi connectivity index (χ0) is 19.3. The summed E-state index contributed by atoms with van der Waals surface area (Å²) in [4.78, 5) is 11.9. The molecule has 1 amide bonds. The molecular formula is C18H16Cl2F3NO2. The van der Waals surface area contributed by atoms with Crippen LogP contribution in [0.25, 0.3) is 0 Å². The molecule has 2 aromatic rings. The third kappa shape index (κ3) is 5.62. The van der Waals surface area contributed by atoms with E-state index in [-0.39, 0.29) is 18.5 Å². The molecular weight excluding hydrogens is 390 g/mol. The molecule has 0 aliphatic rings. The molecule has 2 aromatic carbocycles. The Labute approximate surface area is 158 Å². The standard InChI is InChI=1S/C18H16Cl2F3NO2/c19-12-7-5-11(15(20)9-12)6-8-17(26)24-10-16(25)13-3-1-2-4-14(13)18(21,22)23/h1-5,7,9,16,25H,6,8,10H2,(H,24,26). The van der Waals surface area contributed by atoms with Gasteiger partial charge in [-0.05, 0) is 35.7 Å². The highest BCUT2D eigenvalue weighted by Crippen LogP contribution is 2.34. The molecule has 1 unspecified atom stereocenters. The molecule has 140 valence electrons. The first-order valence-corrected chi connectivity index (χ1v) is 8.49. The predicted octanol–water partition coefficient (Wildman–Crippen LogP) is 4.79. The van der Waals surface area contributed by atoms with Gasteiger partial charge < -0.3 is 10.4 Å². The number of halogens is 5. The number of carbonyl (C=O) groups excluding carboxylic acids is 1. The lowest BCUT2D eigenvalue weighted by atomic mass is 10.0. The molecule has 0 aliphatic heterocycles. The molecule has 0 aliphatic carbocycles. The van der Waals surface area contributed by atoms with E-state index in [0.29, 0.717) is 16.5 Å². The topological polar surface area (TPSA) is 49.3 Å². The molecule has 0 fully saturated rings. The Kier molecular flexibility index (Phi) is 6.92. The van der Waals surface area contributed by atoms with Crippen molar-refractivity contribution in [1.29, 1.82) is 0 Å². The van der Waals surface area contributed by atoms with Crippen LogP contribution in [0.1, 0.15) is 29.2 Å². The van der Waals surface area contributed by atoms with Gasteiger partial charge in [-0.25, -0.2) is 0 Å². The Morgan fingerprint density at radius 3 is 2.50 bits per heavy atom. The van der Waals surface area contributed by atoms with Crippen LogP contribution >= 0.6 is 23.2 Å². The van der Waals surface area contributed by atoms with Gasteiger partial charge in [0.25, 0.3) is 0 Å². The van der Waals surface area contributed by atoms with E-state index in [2.05, 4.69) is 5.32 Å². The van der Waals surface area contributed by atoms with Crippen molar-refractivity contribution in [2.24, 2.45) is 0 Å². The maximum atomic E-state index is 13.0. The first kappa shape index (κ1) is 20.6. The highest BCUT2D eigenvalue weighted by atomic mass is 35.5. The smallest absolute Gasteiger partial charge is 0.387 e. The summed E-state index contributed by atoms with van der Waals surface area (Å²) in [5, 5.41) is 13.4. The Morgan fingerprint density at radius 2 is 1.85 bits per heavy atom. The molecule has 2 N–H and O–H groups in total. The fourth-order valence-electron chi connectivity index (χ4n) is 2.43. The predicted molar refractivity (Wildman–Crippen MR) is 94.2 cm³/mol. The molecule has 3 nitrogen and oxygen atoms in total. The average Bonchev–Trinajstić information content (AvgIpc) is 2.58. The Hall–Kier alpha value is -1.76. The van der Waals surface area contributed by atoms with Crippen LogP contribution in [-0.4, -0.2) is 17.6 Å². The van der Waals surface area contributed by atoms with Gasteiger partial charge in [0.2, 0.25) is 5.91 Å². The van der Waals surface area contributed by atoms with Crippen LogP contribution in [0, 0.1) is 0 Å².